The molecular formula is C18H17N3O. The Morgan fingerprint density at radius 1 is 1.14 bits per heavy atom. The van der Waals surface area contributed by atoms with Crippen LogP contribution in [0.5, 0.6) is 0 Å². The van der Waals surface area contributed by atoms with Gasteiger partial charge < -0.3 is 5.32 Å². The van der Waals surface area contributed by atoms with Crippen molar-refractivity contribution < 1.29 is 4.79 Å². The molecule has 1 N–H and O–H groups in total. The van der Waals surface area contributed by atoms with Gasteiger partial charge in [0.25, 0.3) is 5.91 Å². The number of nitrogens with one attached hydrogen (secondary N) is 1. The van der Waals surface area contributed by atoms with Crippen molar-refractivity contribution in [2.75, 3.05) is 5.32 Å². The van der Waals surface area contributed by atoms with E-state index in [2.05, 4.69) is 10.4 Å². The van der Waals surface area contributed by atoms with E-state index in [1.54, 1.807) is 4.68 Å². The van der Waals surface area contributed by atoms with Crippen molar-refractivity contribution in [3.05, 3.63) is 59.3 Å². The summed E-state index contributed by atoms with van der Waals surface area (Å²) < 4.78 is 1.78. The van der Waals surface area contributed by atoms with Gasteiger partial charge in [-0.15, -0.1) is 0 Å². The molecular weight excluding hydrogens is 274 g/mol. The van der Waals surface area contributed by atoms with Gasteiger partial charge in [0.15, 0.2) is 0 Å². The number of anilines is 1. The lowest BCUT2D eigenvalue weighted by atomic mass is 10.0. The summed E-state index contributed by atoms with van der Waals surface area (Å²) >= 11 is 0. The van der Waals surface area contributed by atoms with Crippen LogP contribution in [0.1, 0.15) is 28.0 Å². The first kappa shape index (κ1) is 13.1. The Bertz CT molecular complexity index is 874. The van der Waals surface area contributed by atoms with E-state index in [1.165, 1.54) is 5.56 Å². The lowest BCUT2D eigenvalue weighted by molar-refractivity contribution is 0.102. The number of carbonyl (C=O) groups is 1. The predicted octanol–water partition coefficient (Wildman–Crippen LogP) is 3.31. The van der Waals surface area contributed by atoms with Crippen molar-refractivity contribution in [2.24, 2.45) is 7.05 Å². The van der Waals surface area contributed by atoms with Crippen LogP contribution < -0.4 is 5.32 Å². The van der Waals surface area contributed by atoms with Crippen LogP contribution in [-0.4, -0.2) is 15.7 Å². The van der Waals surface area contributed by atoms with E-state index in [0.717, 1.165) is 41.5 Å². The third-order valence-electron chi connectivity index (χ3n) is 4.34. The van der Waals surface area contributed by atoms with Gasteiger partial charge in [0.05, 0.1) is 5.69 Å². The summed E-state index contributed by atoms with van der Waals surface area (Å²) in [6, 6.07) is 13.8. The third kappa shape index (κ3) is 1.99. The molecule has 0 aliphatic heterocycles. The van der Waals surface area contributed by atoms with E-state index in [-0.39, 0.29) is 5.91 Å². The standard InChI is InChI=1S/C18H17N3O/c1-21-17(15-10-5-11-16(15)20-21)19-18(22)14-9-4-7-12-6-2-3-8-13(12)14/h2-4,6-9H,5,10-11H2,1H3,(H,19,22). The number of amides is 1. The Labute approximate surface area is 128 Å². The van der Waals surface area contributed by atoms with Crippen molar-refractivity contribution in [3.8, 4) is 0 Å². The summed E-state index contributed by atoms with van der Waals surface area (Å²) in [6.45, 7) is 0. The van der Waals surface area contributed by atoms with E-state index in [0.29, 0.717) is 5.56 Å². The number of nitrogens with zero attached hydrogens (tertiary/aromatic N) is 2. The van der Waals surface area contributed by atoms with E-state index >= 15 is 0 Å². The molecule has 1 amide bonds. The third-order valence-corrected chi connectivity index (χ3v) is 4.34. The van der Waals surface area contributed by atoms with Gasteiger partial charge in [0.1, 0.15) is 5.82 Å². The molecule has 4 rings (SSSR count). The van der Waals surface area contributed by atoms with E-state index < -0.39 is 0 Å². The highest BCUT2D eigenvalue weighted by Gasteiger charge is 2.22. The maximum atomic E-state index is 12.7. The SMILES string of the molecule is Cn1nc2c(c1NC(=O)c1cccc3ccccc13)CCC2. The van der Waals surface area contributed by atoms with Crippen molar-refractivity contribution >= 4 is 22.5 Å². The van der Waals surface area contributed by atoms with E-state index in [1.807, 2.05) is 49.5 Å². The zero-order valence-electron chi connectivity index (χ0n) is 12.5. The quantitative estimate of drug-likeness (QED) is 0.787. The molecule has 0 bridgehead atoms. The molecule has 22 heavy (non-hydrogen) atoms. The van der Waals surface area contributed by atoms with Crippen LogP contribution in [0.2, 0.25) is 0 Å². The van der Waals surface area contributed by atoms with Gasteiger partial charge in [0.2, 0.25) is 0 Å². The van der Waals surface area contributed by atoms with Crippen molar-refractivity contribution in [2.45, 2.75) is 19.3 Å². The maximum absolute atomic E-state index is 12.7. The molecule has 0 saturated carbocycles. The smallest absolute Gasteiger partial charge is 0.257 e. The average Bonchev–Trinajstić information content (AvgIpc) is 3.09. The van der Waals surface area contributed by atoms with Crippen LogP contribution in [0, 0.1) is 0 Å². The lowest BCUT2D eigenvalue weighted by Crippen LogP contribution is -2.16. The summed E-state index contributed by atoms with van der Waals surface area (Å²) in [5.41, 5.74) is 3.01. The van der Waals surface area contributed by atoms with Crippen LogP contribution >= 0.6 is 0 Å². The molecule has 0 spiro atoms. The van der Waals surface area contributed by atoms with Crippen molar-refractivity contribution in [3.63, 3.8) is 0 Å². The largest absolute Gasteiger partial charge is 0.307 e. The Balaban J connectivity index is 1.73. The first-order valence-corrected chi connectivity index (χ1v) is 7.58. The Morgan fingerprint density at radius 3 is 2.86 bits per heavy atom. The monoisotopic (exact) mass is 291 g/mol. The van der Waals surface area contributed by atoms with Crippen LogP contribution in [0.15, 0.2) is 42.5 Å². The number of carbonyl (C=O) groups excluding carboxylic acids is 1. The summed E-state index contributed by atoms with van der Waals surface area (Å²) in [7, 11) is 1.89. The molecule has 0 atom stereocenters. The van der Waals surface area contributed by atoms with Crippen LogP contribution in [0.4, 0.5) is 5.82 Å². The normalized spacial score (nSPS) is 13.3. The van der Waals surface area contributed by atoms with Gasteiger partial charge in [0, 0.05) is 18.2 Å². The first-order chi connectivity index (χ1) is 10.7. The van der Waals surface area contributed by atoms with Crippen molar-refractivity contribution in [1.29, 1.82) is 0 Å². The molecule has 1 aliphatic rings. The molecule has 0 radical (unpaired) electrons. The maximum Gasteiger partial charge on any atom is 0.257 e. The zero-order chi connectivity index (χ0) is 15.1. The van der Waals surface area contributed by atoms with Gasteiger partial charge in [-0.05, 0) is 36.1 Å². The fourth-order valence-electron chi connectivity index (χ4n) is 3.27. The van der Waals surface area contributed by atoms with Crippen molar-refractivity contribution in [1.82, 2.24) is 9.78 Å². The second-order valence-corrected chi connectivity index (χ2v) is 5.73. The van der Waals surface area contributed by atoms with Gasteiger partial charge in [-0.1, -0.05) is 36.4 Å². The summed E-state index contributed by atoms with van der Waals surface area (Å²) in [4.78, 5) is 12.7. The molecule has 0 fully saturated rings. The summed E-state index contributed by atoms with van der Waals surface area (Å²) in [5.74, 6) is 0.764. The average molecular weight is 291 g/mol. The number of hydrogen-bond donors (Lipinski definition) is 1. The van der Waals surface area contributed by atoms with Gasteiger partial charge in [-0.25, -0.2) is 0 Å². The Kier molecular flexibility index (Phi) is 2.96. The topological polar surface area (TPSA) is 46.9 Å². The molecule has 3 aromatic rings. The predicted molar refractivity (Wildman–Crippen MR) is 87.1 cm³/mol. The molecule has 1 aromatic heterocycles. The van der Waals surface area contributed by atoms with E-state index in [4.69, 9.17) is 0 Å². The highest BCUT2D eigenvalue weighted by Crippen LogP contribution is 2.29. The first-order valence-electron chi connectivity index (χ1n) is 7.58. The number of rotatable bonds is 2. The Hall–Kier alpha value is -2.62. The molecule has 4 heteroatoms. The summed E-state index contributed by atoms with van der Waals surface area (Å²) in [6.07, 6.45) is 3.12. The summed E-state index contributed by atoms with van der Waals surface area (Å²) in [5, 5.41) is 9.61. The number of aromatic nitrogens is 2. The molecule has 1 aliphatic carbocycles. The van der Waals surface area contributed by atoms with Gasteiger partial charge in [-0.3, -0.25) is 9.48 Å². The molecule has 2 aromatic carbocycles. The van der Waals surface area contributed by atoms with Crippen LogP contribution in [0.3, 0.4) is 0 Å². The molecule has 4 nitrogen and oxygen atoms in total. The number of aryl methyl sites for hydroxylation is 2. The minimum absolute atomic E-state index is 0.0745. The minimum Gasteiger partial charge on any atom is -0.307 e. The Morgan fingerprint density at radius 2 is 1.95 bits per heavy atom. The fraction of sp³-hybridized carbons (Fsp3) is 0.222. The number of hydrogen-bond acceptors (Lipinski definition) is 2. The van der Waals surface area contributed by atoms with E-state index in [9.17, 15) is 4.79 Å². The lowest BCUT2D eigenvalue weighted by Gasteiger charge is -2.09. The highest BCUT2D eigenvalue weighted by atomic mass is 16.1. The number of fused-ring (bicyclic) bond motifs is 2. The van der Waals surface area contributed by atoms with Gasteiger partial charge >= 0.3 is 0 Å². The van der Waals surface area contributed by atoms with Crippen LogP contribution in [0.25, 0.3) is 10.8 Å². The van der Waals surface area contributed by atoms with Crippen LogP contribution in [-0.2, 0) is 19.9 Å². The zero-order valence-corrected chi connectivity index (χ0v) is 12.5. The fourth-order valence-corrected chi connectivity index (χ4v) is 3.27. The molecule has 110 valence electrons. The second kappa shape index (κ2) is 4.98. The molecule has 0 saturated heterocycles. The molecule has 1 heterocycles. The second-order valence-electron chi connectivity index (χ2n) is 5.73. The molecule has 0 unspecified atom stereocenters. The minimum atomic E-state index is -0.0745. The number of benzene rings is 2. The van der Waals surface area contributed by atoms with Gasteiger partial charge in [-0.2, -0.15) is 5.10 Å². The highest BCUT2D eigenvalue weighted by molar-refractivity contribution is 6.12.